The number of carbonyl (C=O) groups is 2. The lowest BCUT2D eigenvalue weighted by Crippen LogP contribution is -2.55. The zero-order valence-corrected chi connectivity index (χ0v) is 10.6. The summed E-state index contributed by atoms with van der Waals surface area (Å²) in [6.45, 7) is 5.78. The predicted molar refractivity (Wildman–Crippen MR) is 62.9 cm³/mol. The molecule has 2 unspecified atom stereocenters. The number of piperidine rings is 1. The summed E-state index contributed by atoms with van der Waals surface area (Å²) in [7, 11) is 1.62. The van der Waals surface area contributed by atoms with Gasteiger partial charge in [-0.2, -0.15) is 0 Å². The van der Waals surface area contributed by atoms with Crippen LogP contribution in [0.5, 0.6) is 0 Å². The molecule has 1 aliphatic rings. The second kappa shape index (κ2) is 5.32. The molecule has 92 valence electrons. The molecule has 0 saturated carbocycles. The van der Waals surface area contributed by atoms with Gasteiger partial charge in [0.05, 0.1) is 0 Å². The van der Waals surface area contributed by atoms with Crippen LogP contribution in [0.2, 0.25) is 0 Å². The van der Waals surface area contributed by atoms with Gasteiger partial charge < -0.3 is 10.2 Å². The van der Waals surface area contributed by atoms with Gasteiger partial charge in [0.2, 0.25) is 11.8 Å². The number of rotatable bonds is 2. The third-order valence-electron chi connectivity index (χ3n) is 3.21. The van der Waals surface area contributed by atoms with Crippen molar-refractivity contribution in [2.75, 3.05) is 7.05 Å². The molecular formula is C12H22N2O2. The topological polar surface area (TPSA) is 49.4 Å². The van der Waals surface area contributed by atoms with Crippen LogP contribution in [-0.2, 0) is 9.59 Å². The zero-order chi connectivity index (χ0) is 12.3. The SMILES string of the molecule is CNC(=O)C1CCCC(C)N1C(=O)C(C)C. The smallest absolute Gasteiger partial charge is 0.242 e. The number of hydrogen-bond acceptors (Lipinski definition) is 2. The number of nitrogens with zero attached hydrogens (tertiary/aromatic N) is 1. The number of hydrogen-bond donors (Lipinski definition) is 1. The Kier molecular flexibility index (Phi) is 4.33. The minimum atomic E-state index is -0.274. The van der Waals surface area contributed by atoms with Crippen LogP contribution < -0.4 is 5.32 Å². The molecule has 0 radical (unpaired) electrons. The van der Waals surface area contributed by atoms with Crippen LogP contribution in [0.1, 0.15) is 40.0 Å². The van der Waals surface area contributed by atoms with Gasteiger partial charge in [0.25, 0.3) is 0 Å². The van der Waals surface area contributed by atoms with E-state index < -0.39 is 0 Å². The van der Waals surface area contributed by atoms with E-state index in [1.165, 1.54) is 0 Å². The van der Waals surface area contributed by atoms with Crippen molar-refractivity contribution in [2.45, 2.75) is 52.1 Å². The van der Waals surface area contributed by atoms with Crippen molar-refractivity contribution in [3.63, 3.8) is 0 Å². The van der Waals surface area contributed by atoms with E-state index in [0.29, 0.717) is 0 Å². The summed E-state index contributed by atoms with van der Waals surface area (Å²) in [5.41, 5.74) is 0. The summed E-state index contributed by atoms with van der Waals surface area (Å²) in [5.74, 6) is -0.00550. The summed E-state index contributed by atoms with van der Waals surface area (Å²) < 4.78 is 0. The monoisotopic (exact) mass is 226 g/mol. The van der Waals surface area contributed by atoms with Crippen LogP contribution in [0.4, 0.5) is 0 Å². The van der Waals surface area contributed by atoms with Crippen molar-refractivity contribution >= 4 is 11.8 Å². The summed E-state index contributed by atoms with van der Waals surface area (Å²) in [6, 6.07) is -0.102. The highest BCUT2D eigenvalue weighted by atomic mass is 16.2. The van der Waals surface area contributed by atoms with Gasteiger partial charge in [0.1, 0.15) is 6.04 Å². The van der Waals surface area contributed by atoms with Crippen LogP contribution in [0, 0.1) is 5.92 Å². The first kappa shape index (κ1) is 13.0. The third-order valence-corrected chi connectivity index (χ3v) is 3.21. The molecule has 1 heterocycles. The van der Waals surface area contributed by atoms with Crippen molar-refractivity contribution < 1.29 is 9.59 Å². The Morgan fingerprint density at radius 1 is 1.31 bits per heavy atom. The van der Waals surface area contributed by atoms with E-state index in [1.807, 2.05) is 20.8 Å². The highest BCUT2D eigenvalue weighted by Gasteiger charge is 2.36. The molecule has 0 aliphatic carbocycles. The molecule has 4 nitrogen and oxygen atoms in total. The van der Waals surface area contributed by atoms with E-state index in [2.05, 4.69) is 5.32 Å². The second-order valence-corrected chi connectivity index (χ2v) is 4.81. The maximum Gasteiger partial charge on any atom is 0.242 e. The first-order chi connectivity index (χ1) is 7.49. The lowest BCUT2D eigenvalue weighted by Gasteiger charge is -2.40. The molecule has 1 saturated heterocycles. The minimum Gasteiger partial charge on any atom is -0.357 e. The molecular weight excluding hydrogens is 204 g/mol. The van der Waals surface area contributed by atoms with Crippen molar-refractivity contribution in [1.82, 2.24) is 10.2 Å². The highest BCUT2D eigenvalue weighted by Crippen LogP contribution is 2.24. The molecule has 0 aromatic heterocycles. The Morgan fingerprint density at radius 3 is 2.44 bits per heavy atom. The summed E-state index contributed by atoms with van der Waals surface area (Å²) in [5, 5.41) is 2.65. The minimum absolute atomic E-state index is 0.0412. The Labute approximate surface area is 97.4 Å². The predicted octanol–water partition coefficient (Wildman–Crippen LogP) is 1.16. The van der Waals surface area contributed by atoms with Gasteiger partial charge in [-0.15, -0.1) is 0 Å². The molecule has 4 heteroatoms. The fourth-order valence-corrected chi connectivity index (χ4v) is 2.28. The fraction of sp³-hybridized carbons (Fsp3) is 0.833. The highest BCUT2D eigenvalue weighted by molar-refractivity contribution is 5.88. The van der Waals surface area contributed by atoms with Gasteiger partial charge in [-0.1, -0.05) is 13.8 Å². The Morgan fingerprint density at radius 2 is 1.94 bits per heavy atom. The summed E-state index contributed by atoms with van der Waals surface area (Å²) in [4.78, 5) is 25.6. The molecule has 1 N–H and O–H groups in total. The normalized spacial score (nSPS) is 25.7. The molecule has 16 heavy (non-hydrogen) atoms. The molecule has 0 aromatic carbocycles. The zero-order valence-electron chi connectivity index (χ0n) is 10.6. The van der Waals surface area contributed by atoms with Crippen LogP contribution in [0.3, 0.4) is 0 Å². The number of nitrogens with one attached hydrogen (secondary N) is 1. The Bertz CT molecular complexity index is 276. The molecule has 0 bridgehead atoms. The molecule has 2 atom stereocenters. The van der Waals surface area contributed by atoms with E-state index >= 15 is 0 Å². The second-order valence-electron chi connectivity index (χ2n) is 4.81. The number of carbonyl (C=O) groups excluding carboxylic acids is 2. The largest absolute Gasteiger partial charge is 0.357 e. The van der Waals surface area contributed by atoms with E-state index in [4.69, 9.17) is 0 Å². The van der Waals surface area contributed by atoms with Crippen molar-refractivity contribution in [1.29, 1.82) is 0 Å². The molecule has 0 spiro atoms. The van der Waals surface area contributed by atoms with Gasteiger partial charge in [0, 0.05) is 19.0 Å². The van der Waals surface area contributed by atoms with E-state index in [-0.39, 0.29) is 29.8 Å². The molecule has 1 rings (SSSR count). The van der Waals surface area contributed by atoms with Gasteiger partial charge in [-0.3, -0.25) is 9.59 Å². The Balaban J connectivity index is 2.87. The summed E-state index contributed by atoms with van der Waals surface area (Å²) in [6.07, 6.45) is 2.79. The Hall–Kier alpha value is -1.06. The standard InChI is InChI=1S/C12H22N2O2/c1-8(2)12(16)14-9(3)6-5-7-10(14)11(15)13-4/h8-10H,5-7H2,1-4H3,(H,13,15). The maximum atomic E-state index is 12.1. The van der Waals surface area contributed by atoms with Crippen LogP contribution in [-0.4, -0.2) is 35.8 Å². The average Bonchev–Trinajstić information content (AvgIpc) is 2.26. The van der Waals surface area contributed by atoms with E-state index in [1.54, 1.807) is 11.9 Å². The quantitative estimate of drug-likeness (QED) is 0.768. The van der Waals surface area contributed by atoms with E-state index in [0.717, 1.165) is 19.3 Å². The first-order valence-electron chi connectivity index (χ1n) is 6.02. The molecule has 0 aromatic rings. The molecule has 2 amide bonds. The van der Waals surface area contributed by atoms with Gasteiger partial charge in [0.15, 0.2) is 0 Å². The lowest BCUT2D eigenvalue weighted by molar-refractivity contribution is -0.147. The molecule has 1 fully saturated rings. The lowest BCUT2D eigenvalue weighted by atomic mass is 9.94. The first-order valence-corrected chi connectivity index (χ1v) is 6.02. The van der Waals surface area contributed by atoms with Crippen LogP contribution >= 0.6 is 0 Å². The van der Waals surface area contributed by atoms with Crippen molar-refractivity contribution in [2.24, 2.45) is 5.92 Å². The van der Waals surface area contributed by atoms with E-state index in [9.17, 15) is 9.59 Å². The van der Waals surface area contributed by atoms with Gasteiger partial charge in [-0.25, -0.2) is 0 Å². The van der Waals surface area contributed by atoms with Crippen LogP contribution in [0.25, 0.3) is 0 Å². The van der Waals surface area contributed by atoms with Crippen molar-refractivity contribution in [3.05, 3.63) is 0 Å². The maximum absolute atomic E-state index is 12.1. The number of likely N-dealkylation sites (tertiary alicyclic amines) is 1. The van der Waals surface area contributed by atoms with Crippen LogP contribution in [0.15, 0.2) is 0 Å². The summed E-state index contributed by atoms with van der Waals surface area (Å²) >= 11 is 0. The number of amides is 2. The third kappa shape index (κ3) is 2.54. The van der Waals surface area contributed by atoms with Gasteiger partial charge in [-0.05, 0) is 26.2 Å². The van der Waals surface area contributed by atoms with Gasteiger partial charge >= 0.3 is 0 Å². The average molecular weight is 226 g/mol. The molecule has 1 aliphatic heterocycles. The number of likely N-dealkylation sites (N-methyl/N-ethyl adjacent to an activating group) is 1. The fourth-order valence-electron chi connectivity index (χ4n) is 2.28. The van der Waals surface area contributed by atoms with Crippen molar-refractivity contribution in [3.8, 4) is 0 Å².